The summed E-state index contributed by atoms with van der Waals surface area (Å²) in [7, 11) is 0. The number of benzene rings is 1. The number of nitrogens with zero attached hydrogens (tertiary/aromatic N) is 1. The second kappa shape index (κ2) is 8.20. The highest BCUT2D eigenvalue weighted by Crippen LogP contribution is 2.21. The monoisotopic (exact) mass is 374 g/mol. The standard InChI is InChI=1S/C20H26N2O3S/c1-13(2)25-18-12-22(11-17(18)23)20(24)15-4-6-16(7-5-15)21-10-19-14(3)8-9-26-19/h4-9,13,17-18,21,23H,10-12H2,1-3H3/t17-,18-/m0/s1. The van der Waals surface area contributed by atoms with Crippen LogP contribution in [0.4, 0.5) is 5.69 Å². The average molecular weight is 375 g/mol. The Morgan fingerprint density at radius 1 is 1.31 bits per heavy atom. The van der Waals surface area contributed by atoms with Crippen molar-refractivity contribution in [1.82, 2.24) is 4.90 Å². The molecule has 1 fully saturated rings. The first-order chi connectivity index (χ1) is 12.4. The number of carbonyl (C=O) groups excluding carboxylic acids is 1. The molecule has 0 radical (unpaired) electrons. The molecule has 2 heterocycles. The van der Waals surface area contributed by atoms with Crippen LogP contribution in [0.15, 0.2) is 35.7 Å². The van der Waals surface area contributed by atoms with E-state index in [0.717, 1.165) is 12.2 Å². The van der Waals surface area contributed by atoms with Gasteiger partial charge in [-0.2, -0.15) is 0 Å². The van der Waals surface area contributed by atoms with Gasteiger partial charge in [-0.25, -0.2) is 0 Å². The Morgan fingerprint density at radius 2 is 2.04 bits per heavy atom. The SMILES string of the molecule is Cc1ccsc1CNc1ccc(C(=O)N2C[C@H](OC(C)C)[C@@H](O)C2)cc1. The number of carbonyl (C=O) groups is 1. The van der Waals surface area contributed by atoms with E-state index in [2.05, 4.69) is 23.7 Å². The number of hydrogen-bond donors (Lipinski definition) is 2. The average Bonchev–Trinajstić information content (AvgIpc) is 3.18. The van der Waals surface area contributed by atoms with Crippen molar-refractivity contribution < 1.29 is 14.6 Å². The Balaban J connectivity index is 1.58. The van der Waals surface area contributed by atoms with Gasteiger partial charge in [-0.05, 0) is 62.0 Å². The molecule has 2 atom stereocenters. The topological polar surface area (TPSA) is 61.8 Å². The summed E-state index contributed by atoms with van der Waals surface area (Å²) in [6, 6.07) is 9.61. The first kappa shape index (κ1) is 18.9. The maximum Gasteiger partial charge on any atom is 0.254 e. The zero-order valence-corrected chi connectivity index (χ0v) is 16.3. The van der Waals surface area contributed by atoms with Gasteiger partial charge in [-0.3, -0.25) is 4.79 Å². The number of rotatable bonds is 6. The van der Waals surface area contributed by atoms with Crippen molar-refractivity contribution in [3.05, 3.63) is 51.7 Å². The van der Waals surface area contributed by atoms with E-state index in [1.165, 1.54) is 10.4 Å². The Kier molecular flexibility index (Phi) is 5.96. The fourth-order valence-corrected chi connectivity index (χ4v) is 3.93. The molecular formula is C20H26N2O3S. The van der Waals surface area contributed by atoms with Crippen molar-refractivity contribution in [3.63, 3.8) is 0 Å². The Bertz CT molecular complexity index is 742. The summed E-state index contributed by atoms with van der Waals surface area (Å²) in [5, 5.41) is 15.6. The fraction of sp³-hybridized carbons (Fsp3) is 0.450. The molecule has 1 saturated heterocycles. The number of hydrogen-bond acceptors (Lipinski definition) is 5. The molecule has 2 aromatic rings. The van der Waals surface area contributed by atoms with Crippen LogP contribution in [0.25, 0.3) is 0 Å². The van der Waals surface area contributed by atoms with Crippen LogP contribution in [0.5, 0.6) is 0 Å². The third kappa shape index (κ3) is 4.44. The largest absolute Gasteiger partial charge is 0.388 e. The highest BCUT2D eigenvalue weighted by Gasteiger charge is 2.35. The molecule has 6 heteroatoms. The first-order valence-electron chi connectivity index (χ1n) is 8.93. The summed E-state index contributed by atoms with van der Waals surface area (Å²) in [4.78, 5) is 15.6. The number of nitrogens with one attached hydrogen (secondary N) is 1. The maximum atomic E-state index is 12.7. The van der Waals surface area contributed by atoms with Gasteiger partial charge in [-0.15, -0.1) is 11.3 Å². The molecule has 26 heavy (non-hydrogen) atoms. The van der Waals surface area contributed by atoms with Crippen molar-refractivity contribution in [2.75, 3.05) is 18.4 Å². The minimum atomic E-state index is -0.628. The predicted octanol–water partition coefficient (Wildman–Crippen LogP) is 3.28. The summed E-state index contributed by atoms with van der Waals surface area (Å²) < 4.78 is 5.68. The Hall–Kier alpha value is -1.89. The zero-order chi connectivity index (χ0) is 18.7. The number of thiophene rings is 1. The molecule has 1 aliphatic heterocycles. The van der Waals surface area contributed by atoms with Gasteiger partial charge in [-0.1, -0.05) is 0 Å². The first-order valence-corrected chi connectivity index (χ1v) is 9.81. The number of anilines is 1. The van der Waals surface area contributed by atoms with Crippen molar-refractivity contribution >= 4 is 22.9 Å². The number of aryl methyl sites for hydroxylation is 1. The van der Waals surface area contributed by atoms with E-state index < -0.39 is 6.10 Å². The van der Waals surface area contributed by atoms with E-state index in [4.69, 9.17) is 4.74 Å². The number of aliphatic hydroxyl groups is 1. The molecule has 0 bridgehead atoms. The molecule has 3 rings (SSSR count). The van der Waals surface area contributed by atoms with Crippen LogP contribution < -0.4 is 5.32 Å². The lowest BCUT2D eigenvalue weighted by Gasteiger charge is -2.18. The molecule has 1 aliphatic rings. The van der Waals surface area contributed by atoms with E-state index in [0.29, 0.717) is 18.7 Å². The Labute approximate surface area is 158 Å². The molecule has 1 amide bonds. The maximum absolute atomic E-state index is 12.7. The highest BCUT2D eigenvalue weighted by atomic mass is 32.1. The lowest BCUT2D eigenvalue weighted by molar-refractivity contribution is -0.0394. The molecular weight excluding hydrogens is 348 g/mol. The van der Waals surface area contributed by atoms with Gasteiger partial charge < -0.3 is 20.1 Å². The van der Waals surface area contributed by atoms with Crippen LogP contribution >= 0.6 is 11.3 Å². The zero-order valence-electron chi connectivity index (χ0n) is 15.4. The van der Waals surface area contributed by atoms with E-state index in [1.807, 2.05) is 38.1 Å². The Morgan fingerprint density at radius 3 is 2.65 bits per heavy atom. The summed E-state index contributed by atoms with van der Waals surface area (Å²) in [5.74, 6) is -0.0699. The normalized spacial score (nSPS) is 20.0. The molecule has 2 N–H and O–H groups in total. The van der Waals surface area contributed by atoms with E-state index in [9.17, 15) is 9.90 Å². The second-order valence-electron chi connectivity index (χ2n) is 6.96. The summed E-state index contributed by atoms with van der Waals surface area (Å²) in [6.45, 7) is 7.49. The molecule has 1 aromatic carbocycles. The lowest BCUT2D eigenvalue weighted by atomic mass is 10.2. The highest BCUT2D eigenvalue weighted by molar-refractivity contribution is 7.10. The number of ether oxygens (including phenoxy) is 1. The molecule has 1 aromatic heterocycles. The van der Waals surface area contributed by atoms with E-state index in [-0.39, 0.29) is 18.1 Å². The fourth-order valence-electron chi connectivity index (χ4n) is 3.09. The number of β-amino-alcohol motifs (C(OH)–C–C–N with tert-alkyl or cyclic N) is 1. The predicted molar refractivity (Wildman–Crippen MR) is 105 cm³/mol. The summed E-state index contributed by atoms with van der Waals surface area (Å²) in [5.41, 5.74) is 2.90. The van der Waals surface area contributed by atoms with Gasteiger partial charge in [0.05, 0.1) is 12.2 Å². The smallest absolute Gasteiger partial charge is 0.254 e. The quantitative estimate of drug-likeness (QED) is 0.815. The number of amides is 1. The van der Waals surface area contributed by atoms with Gasteiger partial charge in [0.1, 0.15) is 6.10 Å². The second-order valence-corrected chi connectivity index (χ2v) is 7.96. The summed E-state index contributed by atoms with van der Waals surface area (Å²) >= 11 is 1.74. The minimum absolute atomic E-state index is 0.0297. The molecule has 0 spiro atoms. The van der Waals surface area contributed by atoms with E-state index >= 15 is 0 Å². The minimum Gasteiger partial charge on any atom is -0.388 e. The van der Waals surface area contributed by atoms with E-state index in [1.54, 1.807) is 16.2 Å². The van der Waals surface area contributed by atoms with Crippen molar-refractivity contribution in [1.29, 1.82) is 0 Å². The van der Waals surface area contributed by atoms with Gasteiger partial charge in [0.25, 0.3) is 5.91 Å². The third-order valence-electron chi connectivity index (χ3n) is 4.52. The molecule has 0 unspecified atom stereocenters. The molecule has 140 valence electrons. The number of aliphatic hydroxyl groups excluding tert-OH is 1. The van der Waals surface area contributed by atoms with Crippen LogP contribution in [0.3, 0.4) is 0 Å². The van der Waals surface area contributed by atoms with Crippen LogP contribution in [0.2, 0.25) is 0 Å². The van der Waals surface area contributed by atoms with Crippen LogP contribution in [-0.2, 0) is 11.3 Å². The van der Waals surface area contributed by atoms with Gasteiger partial charge in [0.2, 0.25) is 0 Å². The summed E-state index contributed by atoms with van der Waals surface area (Å²) in [6.07, 6.45) is -0.910. The molecule has 5 nitrogen and oxygen atoms in total. The van der Waals surface area contributed by atoms with Crippen molar-refractivity contribution in [2.45, 2.75) is 45.6 Å². The molecule has 0 aliphatic carbocycles. The van der Waals surface area contributed by atoms with Gasteiger partial charge >= 0.3 is 0 Å². The number of likely N-dealkylation sites (tertiary alicyclic amines) is 1. The van der Waals surface area contributed by atoms with Crippen molar-refractivity contribution in [3.8, 4) is 0 Å². The van der Waals surface area contributed by atoms with Crippen LogP contribution in [0, 0.1) is 6.92 Å². The van der Waals surface area contributed by atoms with Crippen LogP contribution in [0.1, 0.15) is 34.6 Å². The van der Waals surface area contributed by atoms with Gasteiger partial charge in [0.15, 0.2) is 0 Å². The lowest BCUT2D eigenvalue weighted by Crippen LogP contribution is -2.31. The van der Waals surface area contributed by atoms with Crippen LogP contribution in [-0.4, -0.2) is 47.3 Å². The molecule has 0 saturated carbocycles. The third-order valence-corrected chi connectivity index (χ3v) is 5.55. The van der Waals surface area contributed by atoms with Gasteiger partial charge in [0, 0.05) is 35.8 Å². The van der Waals surface area contributed by atoms with Crippen molar-refractivity contribution in [2.24, 2.45) is 0 Å².